The Bertz CT molecular complexity index is 432. The van der Waals surface area contributed by atoms with Gasteiger partial charge in [0, 0.05) is 0 Å². The molecule has 0 amide bonds. The molecule has 0 spiro atoms. The normalized spacial score (nSPS) is 23.8. The lowest BCUT2D eigenvalue weighted by Crippen LogP contribution is -2.16. The summed E-state index contributed by atoms with van der Waals surface area (Å²) in [4.78, 5) is 0. The molecule has 0 aliphatic carbocycles. The van der Waals surface area contributed by atoms with Crippen LogP contribution in [-0.4, -0.2) is 0 Å². The monoisotopic (exact) mass is 238 g/mol. The van der Waals surface area contributed by atoms with E-state index in [2.05, 4.69) is 60.7 Å². The van der Waals surface area contributed by atoms with Crippen molar-refractivity contribution in [3.8, 4) is 0 Å². The van der Waals surface area contributed by atoms with Gasteiger partial charge in [0.2, 0.25) is 0 Å². The first-order valence-corrected chi connectivity index (χ1v) is 6.69. The van der Waals surface area contributed by atoms with Crippen molar-refractivity contribution in [1.82, 2.24) is 0 Å². The van der Waals surface area contributed by atoms with E-state index in [-0.39, 0.29) is 12.2 Å². The smallest absolute Gasteiger partial charge is 0.0833 e. The average Bonchev–Trinajstić information content (AvgIpc) is 2.49. The third-order valence-corrected chi connectivity index (χ3v) is 3.60. The van der Waals surface area contributed by atoms with Crippen molar-refractivity contribution in [3.05, 3.63) is 71.8 Å². The molecule has 0 saturated carbocycles. The largest absolute Gasteiger partial charge is 0.366 e. The molecule has 1 aliphatic heterocycles. The molecular formula is C17H18O. The Morgan fingerprint density at radius 3 is 1.56 bits per heavy atom. The molecule has 0 radical (unpaired) electrons. The van der Waals surface area contributed by atoms with E-state index in [1.165, 1.54) is 17.5 Å². The Kier molecular flexibility index (Phi) is 3.42. The molecule has 92 valence electrons. The topological polar surface area (TPSA) is 9.23 Å². The number of hydrogen-bond donors (Lipinski definition) is 0. The molecule has 0 unspecified atom stereocenters. The molecule has 2 aromatic carbocycles. The van der Waals surface area contributed by atoms with Crippen LogP contribution in [0.25, 0.3) is 0 Å². The van der Waals surface area contributed by atoms with Crippen LogP contribution in [0.3, 0.4) is 0 Å². The third-order valence-electron chi connectivity index (χ3n) is 3.60. The Morgan fingerprint density at radius 1 is 0.667 bits per heavy atom. The van der Waals surface area contributed by atoms with Crippen molar-refractivity contribution >= 4 is 0 Å². The molecule has 0 N–H and O–H groups in total. The second-order valence-electron chi connectivity index (χ2n) is 4.87. The molecule has 18 heavy (non-hydrogen) atoms. The van der Waals surface area contributed by atoms with E-state index < -0.39 is 0 Å². The summed E-state index contributed by atoms with van der Waals surface area (Å²) < 4.78 is 6.26. The number of rotatable bonds is 2. The van der Waals surface area contributed by atoms with Gasteiger partial charge in [-0.25, -0.2) is 0 Å². The van der Waals surface area contributed by atoms with Crippen molar-refractivity contribution in [2.45, 2.75) is 31.5 Å². The summed E-state index contributed by atoms with van der Waals surface area (Å²) in [5.41, 5.74) is 2.61. The third kappa shape index (κ3) is 2.46. The van der Waals surface area contributed by atoms with Gasteiger partial charge in [0.25, 0.3) is 0 Å². The summed E-state index contributed by atoms with van der Waals surface area (Å²) in [5.74, 6) is 0. The predicted octanol–water partition coefficient (Wildman–Crippen LogP) is 4.67. The highest BCUT2D eigenvalue weighted by Crippen LogP contribution is 2.38. The van der Waals surface area contributed by atoms with Crippen LogP contribution in [0.1, 0.15) is 42.6 Å². The van der Waals surface area contributed by atoms with Crippen LogP contribution >= 0.6 is 0 Å². The quantitative estimate of drug-likeness (QED) is 0.738. The Hall–Kier alpha value is -1.60. The summed E-state index contributed by atoms with van der Waals surface area (Å²) in [6.07, 6.45) is 4.01. The molecule has 1 heterocycles. The average molecular weight is 238 g/mol. The molecule has 1 aliphatic rings. The first kappa shape index (κ1) is 11.5. The van der Waals surface area contributed by atoms with Crippen LogP contribution < -0.4 is 0 Å². The maximum absolute atomic E-state index is 6.26. The summed E-state index contributed by atoms with van der Waals surface area (Å²) >= 11 is 0. The summed E-state index contributed by atoms with van der Waals surface area (Å²) in [7, 11) is 0. The van der Waals surface area contributed by atoms with Gasteiger partial charge in [-0.05, 0) is 30.4 Å². The van der Waals surface area contributed by atoms with E-state index >= 15 is 0 Å². The van der Waals surface area contributed by atoms with Crippen LogP contribution in [0.2, 0.25) is 0 Å². The van der Waals surface area contributed by atoms with E-state index in [4.69, 9.17) is 4.74 Å². The van der Waals surface area contributed by atoms with Gasteiger partial charge in [-0.3, -0.25) is 0 Å². The van der Waals surface area contributed by atoms with Crippen molar-refractivity contribution in [3.63, 3.8) is 0 Å². The lowest BCUT2D eigenvalue weighted by Gasteiger charge is -2.30. The van der Waals surface area contributed by atoms with Crippen LogP contribution in [0.15, 0.2) is 60.7 Å². The van der Waals surface area contributed by atoms with Gasteiger partial charge >= 0.3 is 0 Å². The van der Waals surface area contributed by atoms with Crippen LogP contribution in [-0.2, 0) is 4.74 Å². The highest BCUT2D eigenvalue weighted by molar-refractivity contribution is 5.21. The van der Waals surface area contributed by atoms with Gasteiger partial charge in [-0.2, -0.15) is 0 Å². The summed E-state index contributed by atoms with van der Waals surface area (Å²) in [5, 5.41) is 0. The fourth-order valence-corrected chi connectivity index (χ4v) is 2.65. The zero-order chi connectivity index (χ0) is 12.2. The molecular weight excluding hydrogens is 220 g/mol. The van der Waals surface area contributed by atoms with E-state index in [9.17, 15) is 0 Å². The highest BCUT2D eigenvalue weighted by atomic mass is 16.5. The minimum absolute atomic E-state index is 0.255. The summed E-state index contributed by atoms with van der Waals surface area (Å²) in [6.45, 7) is 0. The molecule has 3 rings (SSSR count). The summed E-state index contributed by atoms with van der Waals surface area (Å²) in [6, 6.07) is 21.1. The van der Waals surface area contributed by atoms with Gasteiger partial charge < -0.3 is 4.74 Å². The number of benzene rings is 2. The van der Waals surface area contributed by atoms with E-state index in [1.54, 1.807) is 0 Å². The lowest BCUT2D eigenvalue weighted by atomic mass is 9.95. The maximum Gasteiger partial charge on any atom is 0.0833 e. The molecule has 2 atom stereocenters. The molecule has 1 nitrogen and oxygen atoms in total. The molecule has 1 fully saturated rings. The fourth-order valence-electron chi connectivity index (χ4n) is 2.65. The number of hydrogen-bond acceptors (Lipinski definition) is 1. The maximum atomic E-state index is 6.26. The molecule has 0 aromatic heterocycles. The minimum Gasteiger partial charge on any atom is -0.366 e. The molecule has 1 heteroatoms. The van der Waals surface area contributed by atoms with Gasteiger partial charge in [0.1, 0.15) is 0 Å². The molecule has 2 aromatic rings. The SMILES string of the molecule is c1ccc([C@@H]2CCC[C@H](c3ccccc3)O2)cc1. The predicted molar refractivity (Wildman–Crippen MR) is 73.3 cm³/mol. The fraction of sp³-hybridized carbons (Fsp3) is 0.294. The van der Waals surface area contributed by atoms with Crippen molar-refractivity contribution < 1.29 is 4.74 Å². The van der Waals surface area contributed by atoms with Crippen LogP contribution in [0.4, 0.5) is 0 Å². The first-order valence-electron chi connectivity index (χ1n) is 6.69. The van der Waals surface area contributed by atoms with Gasteiger partial charge in [0.15, 0.2) is 0 Å². The Morgan fingerprint density at radius 2 is 1.11 bits per heavy atom. The van der Waals surface area contributed by atoms with Crippen molar-refractivity contribution in [2.24, 2.45) is 0 Å². The van der Waals surface area contributed by atoms with Crippen molar-refractivity contribution in [1.29, 1.82) is 0 Å². The highest BCUT2D eigenvalue weighted by Gasteiger charge is 2.24. The van der Waals surface area contributed by atoms with Crippen LogP contribution in [0, 0.1) is 0 Å². The van der Waals surface area contributed by atoms with Gasteiger partial charge in [-0.1, -0.05) is 60.7 Å². The lowest BCUT2D eigenvalue weighted by molar-refractivity contribution is -0.0534. The van der Waals surface area contributed by atoms with E-state index in [1.807, 2.05) is 0 Å². The van der Waals surface area contributed by atoms with Gasteiger partial charge in [-0.15, -0.1) is 0 Å². The van der Waals surface area contributed by atoms with Gasteiger partial charge in [0.05, 0.1) is 12.2 Å². The molecule has 1 saturated heterocycles. The standard InChI is InChI=1S/C17H18O/c1-3-8-14(9-4-1)16-12-7-13-17(18-16)15-10-5-2-6-11-15/h1-6,8-11,16-17H,7,12-13H2/t16-,17+. The second kappa shape index (κ2) is 5.36. The molecule has 0 bridgehead atoms. The van der Waals surface area contributed by atoms with Crippen LogP contribution in [0.5, 0.6) is 0 Å². The van der Waals surface area contributed by atoms with E-state index in [0.29, 0.717) is 0 Å². The zero-order valence-corrected chi connectivity index (χ0v) is 10.5. The Labute approximate surface area is 108 Å². The second-order valence-corrected chi connectivity index (χ2v) is 4.87. The minimum atomic E-state index is 0.255. The zero-order valence-electron chi connectivity index (χ0n) is 10.5. The van der Waals surface area contributed by atoms with Crippen molar-refractivity contribution in [2.75, 3.05) is 0 Å². The first-order chi connectivity index (χ1) is 8.93. The van der Waals surface area contributed by atoms with E-state index in [0.717, 1.165) is 12.8 Å². The number of ether oxygens (including phenoxy) is 1. The Balaban J connectivity index is 1.77.